The van der Waals surface area contributed by atoms with E-state index in [1.165, 1.54) is 17.7 Å². The minimum atomic E-state index is -0.732. The van der Waals surface area contributed by atoms with E-state index in [1.807, 2.05) is 41.1 Å². The number of pyridine rings is 1. The maximum atomic E-state index is 14.0. The van der Waals surface area contributed by atoms with Gasteiger partial charge in [0.15, 0.2) is 11.6 Å². The molecule has 3 fully saturated rings. The van der Waals surface area contributed by atoms with E-state index in [-0.39, 0.29) is 29.3 Å². The lowest BCUT2D eigenvalue weighted by atomic mass is 9.80. The summed E-state index contributed by atoms with van der Waals surface area (Å²) in [6.07, 6.45) is 8.28. The smallest absolute Gasteiger partial charge is 0.249 e. The normalized spacial score (nSPS) is 22.2. The number of nitrogens with one attached hydrogen (secondary N) is 1. The number of fused-ring (bicyclic) bond motifs is 2. The van der Waals surface area contributed by atoms with E-state index in [2.05, 4.69) is 36.4 Å². The Kier molecular flexibility index (Phi) is 8.68. The van der Waals surface area contributed by atoms with Gasteiger partial charge >= 0.3 is 0 Å². The molecule has 1 aliphatic carbocycles. The first-order valence-corrected chi connectivity index (χ1v) is 18.5. The molecule has 14 heteroatoms. The zero-order valence-corrected chi connectivity index (χ0v) is 29.5. The number of rotatable bonds is 6. The number of phenolic OH excluding ortho intramolecular Hbond substituents is 1. The number of hydrogen-bond donors (Lipinski definition) is 2. The number of amides is 3. The number of phenols is 1. The molecule has 5 aromatic rings. The van der Waals surface area contributed by atoms with E-state index >= 15 is 0 Å². The van der Waals surface area contributed by atoms with Crippen molar-refractivity contribution in [1.82, 2.24) is 30.0 Å². The molecule has 3 aliphatic heterocycles. The lowest BCUT2D eigenvalue weighted by molar-refractivity contribution is -0.134. The van der Waals surface area contributed by atoms with Gasteiger partial charge in [0.05, 0.1) is 41.9 Å². The zero-order chi connectivity index (χ0) is 36.9. The Morgan fingerprint density at radius 2 is 1.76 bits per heavy atom. The third kappa shape index (κ3) is 6.09. The molecule has 1 saturated carbocycles. The van der Waals surface area contributed by atoms with Gasteiger partial charge in [-0.25, -0.2) is 9.37 Å². The molecule has 4 aliphatic rings. The maximum absolute atomic E-state index is 14.0. The van der Waals surface area contributed by atoms with Gasteiger partial charge in [-0.2, -0.15) is 0 Å². The van der Waals surface area contributed by atoms with Gasteiger partial charge in [-0.15, -0.1) is 10.2 Å². The van der Waals surface area contributed by atoms with Crippen LogP contribution in [0.5, 0.6) is 11.5 Å². The lowest BCUT2D eigenvalue weighted by Crippen LogP contribution is -2.54. The van der Waals surface area contributed by atoms with Gasteiger partial charge in [0, 0.05) is 37.3 Å². The quantitative estimate of drug-likeness (QED) is 0.236. The maximum Gasteiger partial charge on any atom is 0.249 e. The highest BCUT2D eigenvalue weighted by Crippen LogP contribution is 2.45. The summed E-state index contributed by atoms with van der Waals surface area (Å²) in [6, 6.07) is 17.7. The summed E-state index contributed by atoms with van der Waals surface area (Å²) in [7, 11) is 0. The molecule has 3 aromatic heterocycles. The number of nitrogens with zero attached hydrogens (tertiary/aromatic N) is 7. The van der Waals surface area contributed by atoms with Crippen molar-refractivity contribution in [3.8, 4) is 28.6 Å². The number of anilines is 2. The van der Waals surface area contributed by atoms with Crippen molar-refractivity contribution in [3.05, 3.63) is 84.4 Å². The lowest BCUT2D eigenvalue weighted by Gasteiger charge is -2.42. The Bertz CT molecular complexity index is 2270. The van der Waals surface area contributed by atoms with Crippen molar-refractivity contribution < 1.29 is 28.6 Å². The number of carbonyl (C=O) groups is 3. The van der Waals surface area contributed by atoms with E-state index in [0.29, 0.717) is 73.6 Å². The fourth-order valence-corrected chi connectivity index (χ4v) is 8.61. The van der Waals surface area contributed by atoms with Gasteiger partial charge < -0.3 is 19.6 Å². The molecule has 9 rings (SSSR count). The number of carbonyl (C=O) groups excluding carboxylic acids is 3. The van der Waals surface area contributed by atoms with Crippen molar-refractivity contribution in [2.75, 3.05) is 42.6 Å². The van der Waals surface area contributed by atoms with Crippen LogP contribution < -0.4 is 19.9 Å². The third-order valence-corrected chi connectivity index (χ3v) is 11.4. The largest absolute Gasteiger partial charge is 0.504 e. The first-order chi connectivity index (χ1) is 26.3. The minimum absolute atomic E-state index is 0.0400. The molecule has 3 amide bonds. The molecule has 1 unspecified atom stereocenters. The Labute approximate surface area is 310 Å². The summed E-state index contributed by atoms with van der Waals surface area (Å²) in [5.41, 5.74) is 4.72. The van der Waals surface area contributed by atoms with E-state index in [9.17, 15) is 23.9 Å². The molecule has 2 N–H and O–H groups in total. The van der Waals surface area contributed by atoms with Crippen molar-refractivity contribution >= 4 is 40.1 Å². The number of aromatic hydroxyl groups is 1. The van der Waals surface area contributed by atoms with E-state index in [1.54, 1.807) is 23.2 Å². The summed E-state index contributed by atoms with van der Waals surface area (Å²) in [5.74, 6) is 0.168. The first-order valence-electron chi connectivity index (χ1n) is 18.5. The van der Waals surface area contributed by atoms with Crippen LogP contribution in [0.15, 0.2) is 73.1 Å². The average molecular weight is 731 g/mol. The summed E-state index contributed by atoms with van der Waals surface area (Å²) in [4.78, 5) is 48.9. The highest BCUT2D eigenvalue weighted by molar-refractivity contribution is 6.02. The Morgan fingerprint density at radius 3 is 2.56 bits per heavy atom. The van der Waals surface area contributed by atoms with Crippen LogP contribution >= 0.6 is 0 Å². The van der Waals surface area contributed by atoms with Crippen LogP contribution in [0, 0.1) is 5.82 Å². The van der Waals surface area contributed by atoms with Crippen LogP contribution in [0.2, 0.25) is 0 Å². The number of piperazine rings is 1. The van der Waals surface area contributed by atoms with Gasteiger partial charge in [-0.05, 0) is 86.1 Å². The van der Waals surface area contributed by atoms with Crippen molar-refractivity contribution in [2.24, 2.45) is 0 Å². The van der Waals surface area contributed by atoms with E-state index in [0.717, 1.165) is 49.4 Å². The Morgan fingerprint density at radius 1 is 0.907 bits per heavy atom. The van der Waals surface area contributed by atoms with Crippen molar-refractivity contribution in [3.63, 3.8) is 0 Å². The van der Waals surface area contributed by atoms with Crippen LogP contribution in [0.3, 0.4) is 0 Å². The summed E-state index contributed by atoms with van der Waals surface area (Å²) in [5, 5.41) is 21.2. The first kappa shape index (κ1) is 33.9. The fraction of sp³-hybridized carbons (Fsp3) is 0.350. The van der Waals surface area contributed by atoms with Crippen LogP contribution in [0.25, 0.3) is 28.1 Å². The molecule has 276 valence electrons. The SMILES string of the molecule is O=C1CCC(N2CCOc3c(C4CCC(N5CCN(c6ccc(-n7ccc8nnc(-c9cccc(F)c9O)cc87)nc6)C(=O)C5)CC4)cccc32)C(=O)N1. The van der Waals surface area contributed by atoms with Gasteiger partial charge in [0.2, 0.25) is 17.7 Å². The summed E-state index contributed by atoms with van der Waals surface area (Å²) < 4.78 is 22.1. The number of para-hydroxylation sites is 2. The molecule has 1 atom stereocenters. The second-order valence-corrected chi connectivity index (χ2v) is 14.4. The number of imide groups is 1. The minimum Gasteiger partial charge on any atom is -0.504 e. The molecular weight excluding hydrogens is 691 g/mol. The number of ether oxygens (including phenoxy) is 1. The average Bonchev–Trinajstić information content (AvgIpc) is 3.62. The van der Waals surface area contributed by atoms with Gasteiger partial charge in [-0.3, -0.25) is 29.2 Å². The van der Waals surface area contributed by atoms with Gasteiger partial charge in [0.1, 0.15) is 29.7 Å². The Balaban J connectivity index is 0.837. The highest BCUT2D eigenvalue weighted by atomic mass is 19.1. The topological polar surface area (TPSA) is 146 Å². The Hall–Kier alpha value is -5.89. The number of benzene rings is 2. The molecule has 13 nitrogen and oxygen atoms in total. The third-order valence-electron chi connectivity index (χ3n) is 11.4. The van der Waals surface area contributed by atoms with Crippen molar-refractivity contribution in [2.45, 2.75) is 56.5 Å². The van der Waals surface area contributed by atoms with Crippen LogP contribution in [0.1, 0.15) is 50.0 Å². The molecule has 2 aromatic carbocycles. The monoisotopic (exact) mass is 730 g/mol. The molecule has 2 saturated heterocycles. The second kappa shape index (κ2) is 13.8. The van der Waals surface area contributed by atoms with Gasteiger partial charge in [-0.1, -0.05) is 18.2 Å². The van der Waals surface area contributed by atoms with E-state index < -0.39 is 11.6 Å². The number of hydrogen-bond acceptors (Lipinski definition) is 10. The predicted molar refractivity (Wildman–Crippen MR) is 198 cm³/mol. The number of aromatic nitrogens is 4. The molecular formula is C40H39FN8O5. The standard InChI is InChI=1S/C40H39FN8O5/c41-29-5-1-4-28(38(29)52)31-21-34-30(44-45-31)15-16-49(34)35-13-11-26(22-42-35)47-18-17-46(23-37(47)51)25-9-7-24(8-10-25)27-3-2-6-32-39(27)54-20-19-48(32)33-12-14-36(50)43-40(33)53/h1-6,11,13,15-16,21-22,24-25,33,52H,7-10,12,14,17-20,23H2,(H,43,50,53). The molecule has 6 heterocycles. The summed E-state index contributed by atoms with van der Waals surface area (Å²) in [6.45, 7) is 2.77. The van der Waals surface area contributed by atoms with E-state index in [4.69, 9.17) is 4.74 Å². The molecule has 0 spiro atoms. The summed E-state index contributed by atoms with van der Waals surface area (Å²) >= 11 is 0. The number of halogens is 1. The highest BCUT2D eigenvalue weighted by Gasteiger charge is 2.37. The molecule has 54 heavy (non-hydrogen) atoms. The number of piperidine rings is 1. The fourth-order valence-electron chi connectivity index (χ4n) is 8.61. The predicted octanol–water partition coefficient (Wildman–Crippen LogP) is 4.71. The van der Waals surface area contributed by atoms with Crippen molar-refractivity contribution in [1.29, 1.82) is 0 Å². The van der Waals surface area contributed by atoms with Crippen LogP contribution in [-0.4, -0.2) is 92.3 Å². The second-order valence-electron chi connectivity index (χ2n) is 14.4. The van der Waals surface area contributed by atoms with Gasteiger partial charge in [0.25, 0.3) is 0 Å². The molecule has 0 radical (unpaired) electrons. The zero-order valence-electron chi connectivity index (χ0n) is 29.5. The van der Waals surface area contributed by atoms with Crippen LogP contribution in [0.4, 0.5) is 15.8 Å². The van der Waals surface area contributed by atoms with Crippen LogP contribution in [-0.2, 0) is 14.4 Å². The molecule has 0 bridgehead atoms.